The van der Waals surface area contributed by atoms with Crippen LogP contribution in [0.5, 0.6) is 0 Å². The summed E-state index contributed by atoms with van der Waals surface area (Å²) in [5.74, 6) is 0.184. The molecule has 2 N–H and O–H groups in total. The van der Waals surface area contributed by atoms with Crippen LogP contribution in [0.15, 0.2) is 24.3 Å². The lowest BCUT2D eigenvalue weighted by molar-refractivity contribution is -0.113. The molecule has 0 bridgehead atoms. The minimum atomic E-state index is -0.433. The summed E-state index contributed by atoms with van der Waals surface area (Å²) in [4.78, 5) is 11.6. The van der Waals surface area contributed by atoms with E-state index in [4.69, 9.17) is 5.26 Å². The van der Waals surface area contributed by atoms with Gasteiger partial charge in [0.1, 0.15) is 0 Å². The molecule has 0 aliphatic carbocycles. The average Bonchev–Trinajstić information content (AvgIpc) is 2.36. The Morgan fingerprint density at radius 2 is 2.06 bits per heavy atom. The topological polar surface area (TPSA) is 73.1 Å². The molecule has 0 aliphatic heterocycles. The van der Waals surface area contributed by atoms with Gasteiger partial charge in [-0.15, -0.1) is 11.8 Å². The minimum absolute atomic E-state index is 0.0247. The zero-order chi connectivity index (χ0) is 13.5. The molecule has 0 aromatic heterocycles. The Morgan fingerprint density at radius 1 is 1.44 bits per heavy atom. The quantitative estimate of drug-likeness (QED) is 0.853. The normalized spacial score (nSPS) is 13.4. The fraction of sp³-hybridized carbons (Fsp3) is 0.385. The third kappa shape index (κ3) is 4.78. The average molecular weight is 264 g/mol. The molecule has 0 saturated carbocycles. The van der Waals surface area contributed by atoms with Crippen LogP contribution in [0, 0.1) is 11.3 Å². The van der Waals surface area contributed by atoms with Crippen molar-refractivity contribution in [2.75, 3.05) is 11.1 Å². The Morgan fingerprint density at radius 3 is 2.56 bits per heavy atom. The number of aliphatic hydroxyl groups is 1. The number of thioether (sulfide) groups is 1. The molecule has 2 unspecified atom stereocenters. The van der Waals surface area contributed by atoms with Gasteiger partial charge in [-0.2, -0.15) is 5.26 Å². The maximum absolute atomic E-state index is 11.6. The van der Waals surface area contributed by atoms with Crippen LogP contribution in [0.2, 0.25) is 0 Å². The van der Waals surface area contributed by atoms with Crippen molar-refractivity contribution < 1.29 is 9.90 Å². The van der Waals surface area contributed by atoms with E-state index in [1.54, 1.807) is 31.2 Å². The molecule has 0 heterocycles. The van der Waals surface area contributed by atoms with Crippen LogP contribution in [-0.4, -0.2) is 28.1 Å². The van der Waals surface area contributed by atoms with Crippen molar-refractivity contribution in [2.45, 2.75) is 25.2 Å². The number of nitrogens with one attached hydrogen (secondary N) is 1. The van der Waals surface area contributed by atoms with Gasteiger partial charge in [0.15, 0.2) is 0 Å². The van der Waals surface area contributed by atoms with E-state index in [1.807, 2.05) is 13.0 Å². The number of aliphatic hydroxyl groups excluding tert-OH is 1. The molecule has 0 spiro atoms. The first kappa shape index (κ1) is 14.6. The maximum Gasteiger partial charge on any atom is 0.234 e. The molecule has 96 valence electrons. The lowest BCUT2D eigenvalue weighted by atomic mass is 10.2. The highest BCUT2D eigenvalue weighted by Crippen LogP contribution is 2.15. The Labute approximate surface area is 111 Å². The summed E-state index contributed by atoms with van der Waals surface area (Å²) in [6.07, 6.45) is -0.433. The monoisotopic (exact) mass is 264 g/mol. The smallest absolute Gasteiger partial charge is 0.234 e. The molecule has 4 nitrogen and oxygen atoms in total. The van der Waals surface area contributed by atoms with Gasteiger partial charge in [-0.05, 0) is 31.2 Å². The van der Waals surface area contributed by atoms with E-state index in [2.05, 4.69) is 5.32 Å². The number of rotatable bonds is 5. The summed E-state index contributed by atoms with van der Waals surface area (Å²) in [5.41, 5.74) is 1.23. The van der Waals surface area contributed by atoms with E-state index in [0.29, 0.717) is 17.0 Å². The highest BCUT2D eigenvalue weighted by Gasteiger charge is 2.11. The maximum atomic E-state index is 11.6. The van der Waals surface area contributed by atoms with Gasteiger partial charge in [0.25, 0.3) is 0 Å². The van der Waals surface area contributed by atoms with Gasteiger partial charge >= 0.3 is 0 Å². The van der Waals surface area contributed by atoms with E-state index in [1.165, 1.54) is 11.8 Å². The van der Waals surface area contributed by atoms with Crippen molar-refractivity contribution in [3.63, 3.8) is 0 Å². The standard InChI is InChI=1S/C13H16N2O2S/c1-9(16)10(2)18-8-13(17)15-12-5-3-11(7-14)4-6-12/h3-6,9-10,16H,8H2,1-2H3,(H,15,17). The second-order valence-corrected chi connectivity index (χ2v) is 5.36. The molecule has 1 amide bonds. The summed E-state index contributed by atoms with van der Waals surface area (Å²) in [6.45, 7) is 3.58. The van der Waals surface area contributed by atoms with E-state index in [9.17, 15) is 9.90 Å². The molecule has 0 radical (unpaired) electrons. The number of amides is 1. The molecule has 1 aromatic rings. The fourth-order valence-corrected chi connectivity index (χ4v) is 1.94. The summed E-state index contributed by atoms with van der Waals surface area (Å²) in [7, 11) is 0. The second-order valence-electron chi connectivity index (χ2n) is 3.99. The molecule has 18 heavy (non-hydrogen) atoms. The van der Waals surface area contributed by atoms with Crippen molar-refractivity contribution in [3.05, 3.63) is 29.8 Å². The molecule has 0 saturated heterocycles. The number of anilines is 1. The predicted octanol–water partition coefficient (Wildman–Crippen LogP) is 2.00. The van der Waals surface area contributed by atoms with Crippen LogP contribution in [-0.2, 0) is 4.79 Å². The van der Waals surface area contributed by atoms with Crippen LogP contribution in [0.3, 0.4) is 0 Å². The van der Waals surface area contributed by atoms with Gasteiger partial charge in [0.2, 0.25) is 5.91 Å². The van der Waals surface area contributed by atoms with E-state index in [-0.39, 0.29) is 11.2 Å². The van der Waals surface area contributed by atoms with Crippen molar-refractivity contribution >= 4 is 23.4 Å². The highest BCUT2D eigenvalue weighted by atomic mass is 32.2. The van der Waals surface area contributed by atoms with Crippen molar-refractivity contribution in [3.8, 4) is 6.07 Å². The van der Waals surface area contributed by atoms with Crippen LogP contribution >= 0.6 is 11.8 Å². The molecule has 0 aliphatic rings. The number of benzene rings is 1. The van der Waals surface area contributed by atoms with Crippen molar-refractivity contribution in [1.82, 2.24) is 0 Å². The van der Waals surface area contributed by atoms with Gasteiger partial charge in [-0.3, -0.25) is 4.79 Å². The lowest BCUT2D eigenvalue weighted by Crippen LogP contribution is -2.20. The number of nitriles is 1. The van der Waals surface area contributed by atoms with Crippen molar-refractivity contribution in [1.29, 1.82) is 5.26 Å². The molecule has 0 fully saturated rings. The first-order valence-corrected chi connectivity index (χ1v) is 6.67. The minimum Gasteiger partial charge on any atom is -0.392 e. The molecular weight excluding hydrogens is 248 g/mol. The number of carbonyl (C=O) groups is 1. The predicted molar refractivity (Wildman–Crippen MR) is 73.4 cm³/mol. The SMILES string of the molecule is CC(O)C(C)SCC(=O)Nc1ccc(C#N)cc1. The van der Waals surface area contributed by atoms with Gasteiger partial charge < -0.3 is 10.4 Å². The highest BCUT2D eigenvalue weighted by molar-refractivity contribution is 8.00. The van der Waals surface area contributed by atoms with Gasteiger partial charge in [0, 0.05) is 10.9 Å². The third-order valence-electron chi connectivity index (χ3n) is 2.45. The third-order valence-corrected chi connectivity index (χ3v) is 3.80. The van der Waals surface area contributed by atoms with Gasteiger partial charge in [-0.1, -0.05) is 6.92 Å². The second kappa shape index (κ2) is 7.04. The largest absolute Gasteiger partial charge is 0.392 e. The lowest BCUT2D eigenvalue weighted by Gasteiger charge is -2.13. The summed E-state index contributed by atoms with van der Waals surface area (Å²) in [6, 6.07) is 8.71. The van der Waals surface area contributed by atoms with Crippen LogP contribution in [0.1, 0.15) is 19.4 Å². The Hall–Kier alpha value is -1.51. The summed E-state index contributed by atoms with van der Waals surface area (Å²) >= 11 is 1.41. The zero-order valence-corrected chi connectivity index (χ0v) is 11.2. The number of nitrogens with zero attached hydrogens (tertiary/aromatic N) is 1. The fourth-order valence-electron chi connectivity index (χ4n) is 1.17. The Balaban J connectivity index is 2.42. The molecular formula is C13H16N2O2S. The number of hydrogen-bond acceptors (Lipinski definition) is 4. The Kier molecular flexibility index (Phi) is 5.69. The molecule has 2 atom stereocenters. The van der Waals surface area contributed by atoms with E-state index in [0.717, 1.165) is 0 Å². The molecule has 1 aromatic carbocycles. The van der Waals surface area contributed by atoms with Crippen molar-refractivity contribution in [2.24, 2.45) is 0 Å². The first-order chi connectivity index (χ1) is 8.52. The summed E-state index contributed by atoms with van der Waals surface area (Å²) in [5, 5.41) is 20.7. The zero-order valence-electron chi connectivity index (χ0n) is 10.4. The number of carbonyl (C=O) groups excluding carboxylic acids is 1. The summed E-state index contributed by atoms with van der Waals surface area (Å²) < 4.78 is 0. The molecule has 5 heteroatoms. The first-order valence-electron chi connectivity index (χ1n) is 5.62. The van der Waals surface area contributed by atoms with Gasteiger partial charge in [0.05, 0.1) is 23.5 Å². The van der Waals surface area contributed by atoms with Gasteiger partial charge in [-0.25, -0.2) is 0 Å². The Bertz CT molecular complexity index is 437. The molecule has 1 rings (SSSR count). The number of hydrogen-bond donors (Lipinski definition) is 2. The van der Waals surface area contributed by atoms with Crippen LogP contribution in [0.25, 0.3) is 0 Å². The van der Waals surface area contributed by atoms with E-state index < -0.39 is 6.10 Å². The van der Waals surface area contributed by atoms with Crippen LogP contribution < -0.4 is 5.32 Å². The van der Waals surface area contributed by atoms with Crippen LogP contribution in [0.4, 0.5) is 5.69 Å². The van der Waals surface area contributed by atoms with E-state index >= 15 is 0 Å².